The van der Waals surface area contributed by atoms with Crippen LogP contribution in [-0.4, -0.2) is 28.5 Å². The second-order valence-corrected chi connectivity index (χ2v) is 3.48. The maximum absolute atomic E-state index is 11.0. The van der Waals surface area contributed by atoms with E-state index in [1.807, 2.05) is 6.92 Å². The Kier molecular flexibility index (Phi) is 4.62. The van der Waals surface area contributed by atoms with E-state index in [1.54, 1.807) is 14.0 Å². The summed E-state index contributed by atoms with van der Waals surface area (Å²) < 4.78 is 5.33. The predicted molar refractivity (Wildman–Crippen MR) is 63.4 cm³/mol. The van der Waals surface area contributed by atoms with Crippen molar-refractivity contribution in [3.05, 3.63) is 15.9 Å². The number of hydrogen-bond acceptors (Lipinski definition) is 6. The molecule has 0 saturated carbocycles. The van der Waals surface area contributed by atoms with E-state index in [-0.39, 0.29) is 17.4 Å². The lowest BCUT2D eigenvalue weighted by atomic mass is 10.3. The summed E-state index contributed by atoms with van der Waals surface area (Å²) in [6.07, 6.45) is 1.78. The lowest BCUT2D eigenvalue weighted by Crippen LogP contribution is -2.08. The van der Waals surface area contributed by atoms with Crippen molar-refractivity contribution in [3.8, 4) is 5.88 Å². The quantitative estimate of drug-likeness (QED) is 0.464. The second kappa shape index (κ2) is 5.97. The van der Waals surface area contributed by atoms with E-state index in [2.05, 4.69) is 15.3 Å². The number of nitrogens with one attached hydrogen (secondary N) is 1. The zero-order valence-corrected chi connectivity index (χ0v) is 10.2. The lowest BCUT2D eigenvalue weighted by molar-refractivity contribution is -0.385. The molecule has 0 atom stereocenters. The summed E-state index contributed by atoms with van der Waals surface area (Å²) in [7, 11) is 1.57. The maximum Gasteiger partial charge on any atom is 0.372 e. The molecule has 1 aromatic heterocycles. The number of unbranched alkanes of at least 4 members (excludes halogenated alkanes) is 1. The van der Waals surface area contributed by atoms with Gasteiger partial charge in [0.25, 0.3) is 5.88 Å². The average Bonchev–Trinajstić information content (AvgIpc) is 2.28. The molecule has 0 amide bonds. The van der Waals surface area contributed by atoms with Crippen molar-refractivity contribution < 1.29 is 9.66 Å². The van der Waals surface area contributed by atoms with Crippen LogP contribution >= 0.6 is 0 Å². The molecule has 0 radical (unpaired) electrons. The normalized spacial score (nSPS) is 10.1. The number of rotatable bonds is 6. The van der Waals surface area contributed by atoms with Crippen molar-refractivity contribution in [2.45, 2.75) is 26.7 Å². The van der Waals surface area contributed by atoms with Gasteiger partial charge < -0.3 is 10.1 Å². The fourth-order valence-electron chi connectivity index (χ4n) is 1.29. The average molecular weight is 240 g/mol. The van der Waals surface area contributed by atoms with Gasteiger partial charge in [0.2, 0.25) is 5.82 Å². The van der Waals surface area contributed by atoms with Gasteiger partial charge in [-0.1, -0.05) is 13.3 Å². The molecule has 0 aliphatic carbocycles. The Morgan fingerprint density at radius 1 is 1.47 bits per heavy atom. The number of anilines is 1. The van der Waals surface area contributed by atoms with E-state index in [4.69, 9.17) is 4.74 Å². The fraction of sp³-hybridized carbons (Fsp3) is 0.600. The SMILES string of the molecule is CCCCOc1nc(C)nc(NC)c1[N+](=O)[O-]. The van der Waals surface area contributed by atoms with Gasteiger partial charge in [0.05, 0.1) is 11.5 Å². The minimum Gasteiger partial charge on any atom is -0.473 e. The molecule has 0 unspecified atom stereocenters. The molecule has 94 valence electrons. The molecule has 0 saturated heterocycles. The minimum absolute atomic E-state index is 0.0281. The van der Waals surface area contributed by atoms with Crippen LogP contribution in [0.5, 0.6) is 5.88 Å². The van der Waals surface area contributed by atoms with Gasteiger partial charge in [-0.2, -0.15) is 4.98 Å². The predicted octanol–water partition coefficient (Wildman–Crippen LogP) is 1.91. The highest BCUT2D eigenvalue weighted by molar-refractivity contribution is 5.61. The van der Waals surface area contributed by atoms with Crippen LogP contribution in [0.2, 0.25) is 0 Å². The Morgan fingerprint density at radius 3 is 2.71 bits per heavy atom. The number of aromatic nitrogens is 2. The molecule has 1 N–H and O–H groups in total. The molecule has 1 rings (SSSR count). The van der Waals surface area contributed by atoms with Crippen molar-refractivity contribution in [2.24, 2.45) is 0 Å². The van der Waals surface area contributed by atoms with Crippen LogP contribution in [0, 0.1) is 17.0 Å². The van der Waals surface area contributed by atoms with Gasteiger partial charge in [0.15, 0.2) is 0 Å². The summed E-state index contributed by atoms with van der Waals surface area (Å²) in [6, 6.07) is 0. The number of hydrogen-bond donors (Lipinski definition) is 1. The summed E-state index contributed by atoms with van der Waals surface area (Å²) >= 11 is 0. The van der Waals surface area contributed by atoms with E-state index >= 15 is 0 Å². The third-order valence-corrected chi connectivity index (χ3v) is 2.12. The number of aryl methyl sites for hydroxylation is 1. The van der Waals surface area contributed by atoms with Crippen LogP contribution in [0.15, 0.2) is 0 Å². The van der Waals surface area contributed by atoms with Crippen LogP contribution < -0.4 is 10.1 Å². The zero-order valence-electron chi connectivity index (χ0n) is 10.2. The van der Waals surface area contributed by atoms with E-state index < -0.39 is 4.92 Å². The number of nitro groups is 1. The molecule has 0 aromatic carbocycles. The molecule has 0 fully saturated rings. The fourth-order valence-corrected chi connectivity index (χ4v) is 1.29. The van der Waals surface area contributed by atoms with E-state index in [1.165, 1.54) is 0 Å². The third-order valence-electron chi connectivity index (χ3n) is 2.12. The Morgan fingerprint density at radius 2 is 2.18 bits per heavy atom. The molecular formula is C10H16N4O3. The molecule has 17 heavy (non-hydrogen) atoms. The summed E-state index contributed by atoms with van der Waals surface area (Å²) in [6.45, 7) is 4.09. The minimum atomic E-state index is -0.535. The highest BCUT2D eigenvalue weighted by Gasteiger charge is 2.24. The Hall–Kier alpha value is -1.92. The molecule has 1 heterocycles. The topological polar surface area (TPSA) is 90.2 Å². The van der Waals surface area contributed by atoms with E-state index in [0.717, 1.165) is 12.8 Å². The molecule has 0 aliphatic heterocycles. The highest BCUT2D eigenvalue weighted by atomic mass is 16.6. The van der Waals surface area contributed by atoms with Gasteiger partial charge in [-0.25, -0.2) is 4.98 Å². The maximum atomic E-state index is 11.0. The van der Waals surface area contributed by atoms with Crippen LogP contribution in [0.4, 0.5) is 11.5 Å². The summed E-state index contributed by atoms with van der Waals surface area (Å²) in [5.74, 6) is 0.640. The van der Waals surface area contributed by atoms with Gasteiger partial charge in [-0.15, -0.1) is 0 Å². The number of nitrogens with zero attached hydrogens (tertiary/aromatic N) is 3. The zero-order chi connectivity index (χ0) is 12.8. The Balaban J connectivity index is 3.07. The van der Waals surface area contributed by atoms with Crippen LogP contribution in [0.25, 0.3) is 0 Å². The first kappa shape index (κ1) is 13.1. The standard InChI is InChI=1S/C10H16N4O3/c1-4-5-6-17-10-8(14(15)16)9(11-3)12-7(2)13-10/h4-6H2,1-3H3,(H,11,12,13). The van der Waals surface area contributed by atoms with Crippen molar-refractivity contribution in [3.63, 3.8) is 0 Å². The van der Waals surface area contributed by atoms with Crippen LogP contribution in [-0.2, 0) is 0 Å². The van der Waals surface area contributed by atoms with Crippen molar-refractivity contribution in [1.82, 2.24) is 9.97 Å². The monoisotopic (exact) mass is 240 g/mol. The third kappa shape index (κ3) is 3.27. The van der Waals surface area contributed by atoms with Crippen LogP contribution in [0.3, 0.4) is 0 Å². The van der Waals surface area contributed by atoms with Crippen molar-refractivity contribution in [2.75, 3.05) is 19.0 Å². The Labute approximate surface area is 99.4 Å². The molecule has 1 aromatic rings. The van der Waals surface area contributed by atoms with Crippen LogP contribution in [0.1, 0.15) is 25.6 Å². The molecule has 0 aliphatic rings. The van der Waals surface area contributed by atoms with Crippen molar-refractivity contribution in [1.29, 1.82) is 0 Å². The van der Waals surface area contributed by atoms with Gasteiger partial charge in [0.1, 0.15) is 5.82 Å². The van der Waals surface area contributed by atoms with Gasteiger partial charge in [0, 0.05) is 7.05 Å². The molecule has 7 nitrogen and oxygen atoms in total. The smallest absolute Gasteiger partial charge is 0.372 e. The van der Waals surface area contributed by atoms with Gasteiger partial charge >= 0.3 is 5.69 Å². The molecule has 0 spiro atoms. The second-order valence-electron chi connectivity index (χ2n) is 3.48. The summed E-state index contributed by atoms with van der Waals surface area (Å²) in [5.41, 5.74) is -0.214. The summed E-state index contributed by atoms with van der Waals surface area (Å²) in [4.78, 5) is 18.3. The largest absolute Gasteiger partial charge is 0.473 e. The van der Waals surface area contributed by atoms with Crippen molar-refractivity contribution >= 4 is 11.5 Å². The molecule has 0 bridgehead atoms. The van der Waals surface area contributed by atoms with Gasteiger partial charge in [-0.3, -0.25) is 10.1 Å². The molecule has 7 heteroatoms. The lowest BCUT2D eigenvalue weighted by Gasteiger charge is -2.08. The van der Waals surface area contributed by atoms with E-state index in [0.29, 0.717) is 12.4 Å². The molecular weight excluding hydrogens is 224 g/mol. The Bertz CT molecular complexity index is 409. The highest BCUT2D eigenvalue weighted by Crippen LogP contribution is 2.31. The first-order chi connectivity index (χ1) is 8.10. The first-order valence-corrected chi connectivity index (χ1v) is 5.43. The summed E-state index contributed by atoms with van der Waals surface area (Å²) in [5, 5.41) is 13.6. The van der Waals surface area contributed by atoms with E-state index in [9.17, 15) is 10.1 Å². The number of ether oxygens (including phenoxy) is 1. The first-order valence-electron chi connectivity index (χ1n) is 5.43. The van der Waals surface area contributed by atoms with Gasteiger partial charge in [-0.05, 0) is 13.3 Å².